The quantitative estimate of drug-likeness (QED) is 0.398. The molecule has 0 amide bonds. The van der Waals surface area contributed by atoms with E-state index in [0.29, 0.717) is 0 Å². The number of aryl methyl sites for hydroxylation is 2. The summed E-state index contributed by atoms with van der Waals surface area (Å²) in [6.07, 6.45) is 6.36. The van der Waals surface area contributed by atoms with Gasteiger partial charge in [-0.2, -0.15) is 0 Å². The van der Waals surface area contributed by atoms with Gasteiger partial charge in [-0.1, -0.05) is 0 Å². The average molecular weight is 480 g/mol. The number of benzene rings is 1. The summed E-state index contributed by atoms with van der Waals surface area (Å²) in [6.45, 7) is 16.6. The molecule has 0 aromatic heterocycles. The van der Waals surface area contributed by atoms with Crippen LogP contribution in [0.1, 0.15) is 58.1 Å². The van der Waals surface area contributed by atoms with Gasteiger partial charge in [-0.05, 0) is 0 Å². The molecule has 1 atom stereocenters. The van der Waals surface area contributed by atoms with E-state index in [4.69, 9.17) is 0 Å². The van der Waals surface area contributed by atoms with Crippen LogP contribution >= 0.6 is 0 Å². The summed E-state index contributed by atoms with van der Waals surface area (Å²) in [6, 6.07) is 8.63. The number of hydrogen-bond acceptors (Lipinski definition) is 0. The zero-order chi connectivity index (χ0) is 18.1. The fourth-order valence-electron chi connectivity index (χ4n) is 4.19. The second-order valence-corrected chi connectivity index (χ2v) is 14.0. The third-order valence-corrected chi connectivity index (χ3v) is 10.6. The van der Waals surface area contributed by atoms with Gasteiger partial charge in [0.25, 0.3) is 0 Å². The summed E-state index contributed by atoms with van der Waals surface area (Å²) in [4.78, 5) is 0. The normalized spacial score (nSPS) is 16.0. The maximum absolute atomic E-state index is 2.62. The van der Waals surface area contributed by atoms with E-state index >= 15 is 0 Å². The van der Waals surface area contributed by atoms with Gasteiger partial charge in [0, 0.05) is 0 Å². The zero-order valence-corrected chi connectivity index (χ0v) is 22.6. The molecule has 0 saturated heterocycles. The first kappa shape index (κ1) is 29.7. The van der Waals surface area contributed by atoms with Gasteiger partial charge in [0.15, 0.2) is 0 Å². The van der Waals surface area contributed by atoms with Crippen LogP contribution in [0.4, 0.5) is 0 Å². The number of allylic oxidation sites excluding steroid dienone is 4. The Kier molecular flexibility index (Phi) is 12.8. The molecule has 0 fully saturated rings. The van der Waals surface area contributed by atoms with E-state index in [2.05, 4.69) is 92.8 Å². The van der Waals surface area contributed by atoms with E-state index in [1.165, 1.54) is 30.0 Å². The Hall–Kier alpha value is 0.501. The summed E-state index contributed by atoms with van der Waals surface area (Å²) in [5.74, 6) is 0. The number of halogens is 3. The van der Waals surface area contributed by atoms with Crippen molar-refractivity contribution in [2.24, 2.45) is 5.41 Å². The summed E-state index contributed by atoms with van der Waals surface area (Å²) in [5, 5.41) is 3.36. The Morgan fingerprint density at radius 2 is 1.52 bits per heavy atom. The zero-order valence-electron chi connectivity index (χ0n) is 17.8. The van der Waals surface area contributed by atoms with E-state index in [1.54, 1.807) is 19.8 Å². The molecule has 0 radical (unpaired) electrons. The van der Waals surface area contributed by atoms with Crippen LogP contribution in [-0.4, -0.2) is 8.07 Å². The number of rotatable bonds is 5. The summed E-state index contributed by atoms with van der Waals surface area (Å²) < 4.78 is 1.59. The first-order valence-electron chi connectivity index (χ1n) is 9.34. The van der Waals surface area contributed by atoms with Crippen molar-refractivity contribution < 1.29 is 57.7 Å². The van der Waals surface area contributed by atoms with Crippen LogP contribution in [0.5, 0.6) is 0 Å². The average Bonchev–Trinajstić information content (AvgIpc) is 2.86. The minimum Gasteiger partial charge on any atom is -1.00 e. The van der Waals surface area contributed by atoms with Crippen LogP contribution in [0.2, 0.25) is 12.6 Å². The van der Waals surface area contributed by atoms with Crippen molar-refractivity contribution >= 4 is 13.3 Å². The van der Waals surface area contributed by atoms with Gasteiger partial charge in [-0.15, -0.1) is 0 Å². The van der Waals surface area contributed by atoms with Crippen molar-refractivity contribution in [1.82, 2.24) is 0 Å². The molecule has 150 valence electrons. The molecule has 5 heteroatoms. The smallest absolute Gasteiger partial charge is 1.00 e. The van der Waals surface area contributed by atoms with Gasteiger partial charge >= 0.3 is 163 Å². The standard InChI is InChI=1S/C22H33Si.3ClH.Ti/c1-8-9-13-23(7,19-15-17(2)14-18(3)16-19)21-12-10-11-20(21)22(4,5)6;;;;/h12,14-16H,8-10,13H2,1-7H3;3*1H;/q;;;;+3/p-3. The SMILES string of the molecule is CCCC[Si](C)(C1=CC[C]([Ti+3])=C1C(C)(C)C)c1cc(C)cc(C)c1.[Cl-].[Cl-].[Cl-]. The largest absolute Gasteiger partial charge is 1.00 e. The summed E-state index contributed by atoms with van der Waals surface area (Å²) >= 11 is 2.35. The predicted octanol–water partition coefficient (Wildman–Crippen LogP) is -2.88. The summed E-state index contributed by atoms with van der Waals surface area (Å²) in [5.41, 5.74) is 4.73. The molecule has 0 aliphatic heterocycles. The van der Waals surface area contributed by atoms with Gasteiger partial charge in [-0.3, -0.25) is 0 Å². The van der Waals surface area contributed by atoms with Crippen molar-refractivity contribution in [1.29, 1.82) is 0 Å². The summed E-state index contributed by atoms with van der Waals surface area (Å²) in [7, 11) is -1.69. The van der Waals surface area contributed by atoms with Crippen LogP contribution in [0.25, 0.3) is 0 Å². The van der Waals surface area contributed by atoms with Gasteiger partial charge < -0.3 is 37.2 Å². The molecule has 1 aliphatic rings. The van der Waals surface area contributed by atoms with Crippen LogP contribution in [-0.2, 0) is 20.4 Å². The van der Waals surface area contributed by atoms with Gasteiger partial charge in [0.2, 0.25) is 0 Å². The third kappa shape index (κ3) is 6.76. The Bertz CT molecular complexity index is 669. The molecule has 1 aromatic rings. The monoisotopic (exact) mass is 478 g/mol. The van der Waals surface area contributed by atoms with Crippen LogP contribution in [0, 0.1) is 19.3 Å². The topological polar surface area (TPSA) is 0 Å². The van der Waals surface area contributed by atoms with E-state index in [-0.39, 0.29) is 42.6 Å². The molecule has 0 spiro atoms. The maximum Gasteiger partial charge on any atom is -1.00 e. The van der Waals surface area contributed by atoms with E-state index in [9.17, 15) is 0 Å². The molecular formula is C22H33Cl3SiTi. The molecule has 0 saturated carbocycles. The van der Waals surface area contributed by atoms with Crippen molar-refractivity contribution in [3.63, 3.8) is 0 Å². The van der Waals surface area contributed by atoms with Crippen molar-refractivity contribution in [2.75, 3.05) is 0 Å². The van der Waals surface area contributed by atoms with Gasteiger partial charge in [-0.25, -0.2) is 0 Å². The molecule has 1 aromatic carbocycles. The maximum atomic E-state index is 2.62. The van der Waals surface area contributed by atoms with E-state index in [1.807, 2.05) is 0 Å². The Morgan fingerprint density at radius 3 is 1.96 bits per heavy atom. The molecule has 27 heavy (non-hydrogen) atoms. The second-order valence-electron chi connectivity index (χ2n) is 8.74. The van der Waals surface area contributed by atoms with Crippen molar-refractivity contribution in [3.8, 4) is 0 Å². The molecule has 0 bridgehead atoms. The Morgan fingerprint density at radius 1 is 1.00 bits per heavy atom. The number of hydrogen-bond donors (Lipinski definition) is 0. The van der Waals surface area contributed by atoms with Crippen LogP contribution in [0.3, 0.4) is 0 Å². The molecule has 0 nitrogen and oxygen atoms in total. The van der Waals surface area contributed by atoms with Crippen molar-refractivity contribution in [3.05, 3.63) is 50.0 Å². The van der Waals surface area contributed by atoms with Gasteiger partial charge in [0.05, 0.1) is 0 Å². The number of unbranched alkanes of at least 4 members (excludes halogenated alkanes) is 1. The molecule has 2 rings (SSSR count). The minimum atomic E-state index is -1.69. The van der Waals surface area contributed by atoms with Crippen LogP contribution < -0.4 is 42.4 Å². The fourth-order valence-corrected chi connectivity index (χ4v) is 9.99. The minimum absolute atomic E-state index is 0. The third-order valence-electron chi connectivity index (χ3n) is 5.32. The molecule has 0 N–H and O–H groups in total. The van der Waals surface area contributed by atoms with Crippen LogP contribution in [0.15, 0.2) is 38.9 Å². The van der Waals surface area contributed by atoms with E-state index < -0.39 is 8.07 Å². The molecular weight excluding hydrogens is 447 g/mol. The van der Waals surface area contributed by atoms with Crippen molar-refractivity contribution in [2.45, 2.75) is 73.4 Å². The molecule has 0 heterocycles. The second kappa shape index (κ2) is 11.6. The van der Waals surface area contributed by atoms with E-state index in [0.717, 1.165) is 6.42 Å². The Labute approximate surface area is 198 Å². The molecule has 1 unspecified atom stereocenters. The molecule has 1 aliphatic carbocycles. The Balaban J connectivity index is 0. The first-order chi connectivity index (χ1) is 11.1. The van der Waals surface area contributed by atoms with Gasteiger partial charge in [0.1, 0.15) is 0 Å². The first-order valence-corrected chi connectivity index (χ1v) is 12.8. The predicted molar refractivity (Wildman–Crippen MR) is 106 cm³/mol. The fraction of sp³-hybridized carbons (Fsp3) is 0.545.